The van der Waals surface area contributed by atoms with Crippen molar-refractivity contribution in [3.63, 3.8) is 0 Å². The number of nitrogens with zero attached hydrogens (tertiary/aromatic N) is 1. The molecule has 0 aromatic carbocycles. The van der Waals surface area contributed by atoms with Crippen molar-refractivity contribution >= 4 is 0 Å². The third kappa shape index (κ3) is 7.28. The van der Waals surface area contributed by atoms with Crippen LogP contribution in [0.4, 0.5) is 0 Å². The van der Waals surface area contributed by atoms with Gasteiger partial charge >= 0.3 is 0 Å². The fourth-order valence-corrected chi connectivity index (χ4v) is 2.19. The summed E-state index contributed by atoms with van der Waals surface area (Å²) in [5, 5.41) is 20.2. The second-order valence-electron chi connectivity index (χ2n) is 4.88. The molecular formula is C13H30N4O. The van der Waals surface area contributed by atoms with Gasteiger partial charge in [-0.1, -0.05) is 6.92 Å². The monoisotopic (exact) mass is 258 g/mol. The van der Waals surface area contributed by atoms with Crippen molar-refractivity contribution in [1.29, 1.82) is 0 Å². The lowest BCUT2D eigenvalue weighted by Gasteiger charge is -2.27. The summed E-state index contributed by atoms with van der Waals surface area (Å²) in [5.74, 6) is 0. The van der Waals surface area contributed by atoms with Crippen LogP contribution in [0.5, 0.6) is 0 Å². The standard InChI is InChI=1S/C13H30N4O/c1-2-13(18)17-11-4-7-15-9-8-14-5-3-6-16-10-12-17/h13-16,18H,2-12H2,1H3. The Labute approximate surface area is 111 Å². The highest BCUT2D eigenvalue weighted by molar-refractivity contribution is 4.65. The van der Waals surface area contributed by atoms with Crippen LogP contribution in [0.2, 0.25) is 0 Å². The van der Waals surface area contributed by atoms with E-state index in [1.807, 2.05) is 6.92 Å². The Morgan fingerprint density at radius 2 is 1.50 bits per heavy atom. The van der Waals surface area contributed by atoms with Gasteiger partial charge < -0.3 is 21.1 Å². The molecule has 1 saturated heterocycles. The Kier molecular flexibility index (Phi) is 9.42. The molecule has 5 nitrogen and oxygen atoms in total. The molecule has 0 spiro atoms. The maximum Gasteiger partial charge on any atom is 0.107 e. The summed E-state index contributed by atoms with van der Waals surface area (Å²) in [5.41, 5.74) is 0. The molecule has 0 saturated carbocycles. The van der Waals surface area contributed by atoms with E-state index in [1.165, 1.54) is 0 Å². The molecule has 1 unspecified atom stereocenters. The predicted octanol–water partition coefficient (Wildman–Crippen LogP) is -0.421. The maximum absolute atomic E-state index is 9.96. The van der Waals surface area contributed by atoms with E-state index >= 15 is 0 Å². The summed E-state index contributed by atoms with van der Waals surface area (Å²) in [6.45, 7) is 10.1. The van der Waals surface area contributed by atoms with Crippen LogP contribution in [-0.4, -0.2) is 68.6 Å². The highest BCUT2D eigenvalue weighted by Crippen LogP contribution is 2.01. The van der Waals surface area contributed by atoms with Crippen molar-refractivity contribution in [2.24, 2.45) is 0 Å². The fraction of sp³-hybridized carbons (Fsp3) is 1.00. The summed E-state index contributed by atoms with van der Waals surface area (Å²) in [6.07, 6.45) is 2.77. The number of rotatable bonds is 2. The lowest BCUT2D eigenvalue weighted by atomic mass is 10.3. The van der Waals surface area contributed by atoms with Gasteiger partial charge in [0.05, 0.1) is 0 Å². The Hall–Kier alpha value is -0.200. The number of hydrogen-bond acceptors (Lipinski definition) is 5. The molecule has 0 aliphatic carbocycles. The minimum atomic E-state index is -0.290. The summed E-state index contributed by atoms with van der Waals surface area (Å²) < 4.78 is 0. The smallest absolute Gasteiger partial charge is 0.107 e. The van der Waals surface area contributed by atoms with Gasteiger partial charge in [0.2, 0.25) is 0 Å². The van der Waals surface area contributed by atoms with Crippen molar-refractivity contribution in [2.75, 3.05) is 52.4 Å². The second kappa shape index (κ2) is 10.7. The van der Waals surface area contributed by atoms with E-state index < -0.39 is 0 Å². The van der Waals surface area contributed by atoms with Crippen molar-refractivity contribution in [3.8, 4) is 0 Å². The van der Waals surface area contributed by atoms with E-state index in [0.29, 0.717) is 0 Å². The van der Waals surface area contributed by atoms with Gasteiger partial charge in [-0.3, -0.25) is 4.90 Å². The van der Waals surface area contributed by atoms with Gasteiger partial charge in [-0.25, -0.2) is 0 Å². The third-order valence-electron chi connectivity index (χ3n) is 3.35. The normalized spacial score (nSPS) is 24.3. The van der Waals surface area contributed by atoms with Gasteiger partial charge in [-0.05, 0) is 38.9 Å². The van der Waals surface area contributed by atoms with Crippen molar-refractivity contribution in [1.82, 2.24) is 20.9 Å². The Morgan fingerprint density at radius 1 is 0.889 bits per heavy atom. The van der Waals surface area contributed by atoms with Crippen LogP contribution in [-0.2, 0) is 0 Å². The molecule has 1 aliphatic rings. The van der Waals surface area contributed by atoms with E-state index in [2.05, 4.69) is 20.9 Å². The zero-order valence-corrected chi connectivity index (χ0v) is 11.7. The van der Waals surface area contributed by atoms with Crippen LogP contribution in [0.3, 0.4) is 0 Å². The van der Waals surface area contributed by atoms with E-state index in [4.69, 9.17) is 0 Å². The topological polar surface area (TPSA) is 59.6 Å². The van der Waals surface area contributed by atoms with Crippen LogP contribution in [0, 0.1) is 0 Å². The summed E-state index contributed by atoms with van der Waals surface area (Å²) in [6, 6.07) is 0. The van der Waals surface area contributed by atoms with Crippen molar-refractivity contribution in [3.05, 3.63) is 0 Å². The first-order valence-electron chi connectivity index (χ1n) is 7.39. The molecule has 1 aliphatic heterocycles. The van der Waals surface area contributed by atoms with Gasteiger partial charge in [0.25, 0.3) is 0 Å². The zero-order chi connectivity index (χ0) is 13.1. The molecule has 1 atom stereocenters. The average Bonchev–Trinajstić information content (AvgIpc) is 2.40. The van der Waals surface area contributed by atoms with E-state index in [-0.39, 0.29) is 6.23 Å². The van der Waals surface area contributed by atoms with Crippen LogP contribution in [0.1, 0.15) is 26.2 Å². The Balaban J connectivity index is 2.29. The molecule has 5 heteroatoms. The molecule has 0 bridgehead atoms. The second-order valence-corrected chi connectivity index (χ2v) is 4.88. The Morgan fingerprint density at radius 3 is 2.17 bits per heavy atom. The van der Waals surface area contributed by atoms with Gasteiger partial charge in [-0.2, -0.15) is 0 Å². The first kappa shape index (κ1) is 15.9. The molecule has 4 N–H and O–H groups in total. The number of aliphatic hydroxyl groups excluding tert-OH is 1. The number of nitrogens with one attached hydrogen (secondary N) is 3. The minimum Gasteiger partial charge on any atom is -0.378 e. The minimum absolute atomic E-state index is 0.290. The summed E-state index contributed by atoms with van der Waals surface area (Å²) in [4.78, 5) is 2.18. The van der Waals surface area contributed by atoms with Crippen molar-refractivity contribution in [2.45, 2.75) is 32.4 Å². The predicted molar refractivity (Wildman–Crippen MR) is 75.7 cm³/mol. The van der Waals surface area contributed by atoms with E-state index in [9.17, 15) is 5.11 Å². The van der Waals surface area contributed by atoms with E-state index in [0.717, 1.165) is 71.6 Å². The molecular weight excluding hydrogens is 228 g/mol. The Bertz CT molecular complexity index is 178. The molecule has 0 aromatic heterocycles. The van der Waals surface area contributed by atoms with Crippen LogP contribution in [0.25, 0.3) is 0 Å². The number of aliphatic hydroxyl groups is 1. The van der Waals surface area contributed by atoms with Gasteiger partial charge in [-0.15, -0.1) is 0 Å². The molecule has 1 rings (SSSR count). The largest absolute Gasteiger partial charge is 0.378 e. The first-order valence-corrected chi connectivity index (χ1v) is 7.39. The lowest BCUT2D eigenvalue weighted by molar-refractivity contribution is 0.00132. The summed E-state index contributed by atoms with van der Waals surface area (Å²) in [7, 11) is 0. The van der Waals surface area contributed by atoms with Gasteiger partial charge in [0, 0.05) is 32.7 Å². The molecule has 18 heavy (non-hydrogen) atoms. The zero-order valence-electron chi connectivity index (χ0n) is 11.7. The van der Waals surface area contributed by atoms with E-state index in [1.54, 1.807) is 0 Å². The van der Waals surface area contributed by atoms with Crippen LogP contribution >= 0.6 is 0 Å². The quantitative estimate of drug-likeness (QED) is 0.542. The molecule has 0 radical (unpaired) electrons. The lowest BCUT2D eigenvalue weighted by Crippen LogP contribution is -2.42. The fourth-order valence-electron chi connectivity index (χ4n) is 2.19. The highest BCUT2D eigenvalue weighted by atomic mass is 16.3. The van der Waals surface area contributed by atoms with Gasteiger partial charge in [0.15, 0.2) is 0 Å². The van der Waals surface area contributed by atoms with Crippen LogP contribution in [0.15, 0.2) is 0 Å². The van der Waals surface area contributed by atoms with Crippen molar-refractivity contribution < 1.29 is 5.11 Å². The molecule has 1 heterocycles. The molecule has 0 amide bonds. The average molecular weight is 258 g/mol. The molecule has 1 fully saturated rings. The highest BCUT2D eigenvalue weighted by Gasteiger charge is 2.12. The molecule has 0 aromatic rings. The first-order chi connectivity index (χ1) is 8.84. The molecule has 108 valence electrons. The number of hydrogen-bond donors (Lipinski definition) is 4. The summed E-state index contributed by atoms with van der Waals surface area (Å²) >= 11 is 0. The van der Waals surface area contributed by atoms with Crippen LogP contribution < -0.4 is 16.0 Å². The van der Waals surface area contributed by atoms with Gasteiger partial charge in [0.1, 0.15) is 6.23 Å². The third-order valence-corrected chi connectivity index (χ3v) is 3.35. The maximum atomic E-state index is 9.96. The SMILES string of the molecule is CCC(O)N1CCCNCCNCCCNCC1.